The normalized spacial score (nSPS) is 23.8. The molecule has 2 atom stereocenters. The number of hydrogen-bond acceptors (Lipinski definition) is 4. The van der Waals surface area contributed by atoms with Gasteiger partial charge in [-0.2, -0.15) is 0 Å². The third-order valence-electron chi connectivity index (χ3n) is 5.61. The molecule has 0 bridgehead atoms. The van der Waals surface area contributed by atoms with Gasteiger partial charge in [0.05, 0.1) is 5.54 Å². The molecule has 6 nitrogen and oxygen atoms in total. The number of hydrogen-bond donors (Lipinski definition) is 2. The zero-order valence-corrected chi connectivity index (χ0v) is 16.0. The molecule has 2 N–H and O–H groups in total. The first-order valence-electron chi connectivity index (χ1n) is 9.67. The highest BCUT2D eigenvalue weighted by atomic mass is 16.5. The maximum absolute atomic E-state index is 13.2. The molecule has 2 amide bonds. The number of piperidine rings is 1. The lowest BCUT2D eigenvalue weighted by Gasteiger charge is -2.44. The van der Waals surface area contributed by atoms with Crippen LogP contribution in [-0.2, 0) is 4.79 Å². The van der Waals surface area contributed by atoms with Crippen molar-refractivity contribution in [3.8, 4) is 11.5 Å². The predicted octanol–water partition coefficient (Wildman–Crippen LogP) is 2.42. The van der Waals surface area contributed by atoms with Gasteiger partial charge < -0.3 is 20.3 Å². The van der Waals surface area contributed by atoms with E-state index in [2.05, 4.69) is 10.6 Å². The summed E-state index contributed by atoms with van der Waals surface area (Å²) in [6, 6.07) is 16.8. The Bertz CT molecular complexity index is 870. The Morgan fingerprint density at radius 2 is 1.93 bits per heavy atom. The lowest BCUT2D eigenvalue weighted by atomic mass is 9.80. The van der Waals surface area contributed by atoms with Gasteiger partial charge in [-0.15, -0.1) is 0 Å². The minimum atomic E-state index is -0.377. The fourth-order valence-electron chi connectivity index (χ4n) is 4.31. The summed E-state index contributed by atoms with van der Waals surface area (Å²) in [5.41, 5.74) is 0.216. The van der Waals surface area contributed by atoms with Crippen molar-refractivity contribution >= 4 is 11.8 Å². The van der Waals surface area contributed by atoms with Gasteiger partial charge in [0.2, 0.25) is 5.91 Å². The smallest absolute Gasteiger partial charge is 0.254 e. The molecule has 6 heteroatoms. The topological polar surface area (TPSA) is 70.7 Å². The van der Waals surface area contributed by atoms with Crippen LogP contribution in [0.1, 0.15) is 23.7 Å². The molecule has 28 heavy (non-hydrogen) atoms. The van der Waals surface area contributed by atoms with Gasteiger partial charge in [0.1, 0.15) is 11.5 Å². The highest BCUT2D eigenvalue weighted by molar-refractivity contribution is 5.94. The van der Waals surface area contributed by atoms with Crippen molar-refractivity contribution in [3.63, 3.8) is 0 Å². The van der Waals surface area contributed by atoms with E-state index in [0.717, 1.165) is 18.7 Å². The number of nitrogens with one attached hydrogen (secondary N) is 2. The van der Waals surface area contributed by atoms with Gasteiger partial charge in [0.25, 0.3) is 5.91 Å². The van der Waals surface area contributed by atoms with Crippen LogP contribution in [0.5, 0.6) is 11.5 Å². The van der Waals surface area contributed by atoms with E-state index in [1.165, 1.54) is 6.92 Å². The van der Waals surface area contributed by atoms with Gasteiger partial charge in [0.15, 0.2) is 0 Å². The molecule has 0 aliphatic carbocycles. The SMILES string of the molecule is CC(=O)N[C@]12CNC[C@H]1CCN(C(=O)c1cccc(Oc3ccccc3)c1)C2. The summed E-state index contributed by atoms with van der Waals surface area (Å²) in [5.74, 6) is 1.63. The first-order valence-corrected chi connectivity index (χ1v) is 9.67. The minimum Gasteiger partial charge on any atom is -0.457 e. The Kier molecular flexibility index (Phi) is 5.05. The Morgan fingerprint density at radius 3 is 2.71 bits per heavy atom. The number of nitrogens with zero attached hydrogens (tertiary/aromatic N) is 1. The van der Waals surface area contributed by atoms with Crippen LogP contribution in [0.15, 0.2) is 54.6 Å². The van der Waals surface area contributed by atoms with Crippen molar-refractivity contribution < 1.29 is 14.3 Å². The van der Waals surface area contributed by atoms with Crippen molar-refractivity contribution in [2.45, 2.75) is 18.9 Å². The molecular formula is C22H25N3O3. The molecule has 0 aromatic heterocycles. The second-order valence-electron chi connectivity index (χ2n) is 7.62. The van der Waals surface area contributed by atoms with Crippen LogP contribution in [0.4, 0.5) is 0 Å². The Morgan fingerprint density at radius 1 is 1.14 bits per heavy atom. The molecule has 2 saturated heterocycles. The second-order valence-corrected chi connectivity index (χ2v) is 7.62. The molecule has 4 rings (SSSR count). The highest BCUT2D eigenvalue weighted by Gasteiger charge is 2.48. The Labute approximate surface area is 164 Å². The summed E-state index contributed by atoms with van der Waals surface area (Å²) < 4.78 is 5.86. The number of ether oxygens (including phenoxy) is 1. The number of amides is 2. The predicted molar refractivity (Wildman–Crippen MR) is 106 cm³/mol. The van der Waals surface area contributed by atoms with E-state index in [1.807, 2.05) is 53.4 Å². The lowest BCUT2D eigenvalue weighted by Crippen LogP contribution is -2.64. The molecule has 0 unspecified atom stereocenters. The maximum Gasteiger partial charge on any atom is 0.254 e. The molecule has 0 radical (unpaired) electrons. The van der Waals surface area contributed by atoms with E-state index in [1.54, 1.807) is 6.07 Å². The summed E-state index contributed by atoms with van der Waals surface area (Å²) in [6.07, 6.45) is 0.874. The summed E-state index contributed by atoms with van der Waals surface area (Å²) in [5, 5.41) is 6.49. The van der Waals surface area contributed by atoms with Crippen molar-refractivity contribution in [2.75, 3.05) is 26.2 Å². The molecular weight excluding hydrogens is 354 g/mol. The van der Waals surface area contributed by atoms with Crippen LogP contribution >= 0.6 is 0 Å². The molecule has 0 spiro atoms. The second kappa shape index (κ2) is 7.64. The van der Waals surface area contributed by atoms with Gasteiger partial charge in [0, 0.05) is 38.7 Å². The molecule has 2 aromatic rings. The van der Waals surface area contributed by atoms with E-state index in [-0.39, 0.29) is 17.4 Å². The molecule has 2 aliphatic heterocycles. The molecule has 2 aliphatic rings. The van der Waals surface area contributed by atoms with Gasteiger partial charge in [-0.3, -0.25) is 9.59 Å². The van der Waals surface area contributed by atoms with Crippen molar-refractivity contribution in [1.29, 1.82) is 0 Å². The van der Waals surface area contributed by atoms with Crippen molar-refractivity contribution in [1.82, 2.24) is 15.5 Å². The van der Waals surface area contributed by atoms with Crippen molar-refractivity contribution in [2.24, 2.45) is 5.92 Å². The molecule has 146 valence electrons. The van der Waals surface area contributed by atoms with Crippen LogP contribution in [0.25, 0.3) is 0 Å². The standard InChI is InChI=1S/C22H25N3O3/c1-16(26)24-22-14-23-13-18(22)10-11-25(15-22)21(27)17-6-5-9-20(12-17)28-19-7-3-2-4-8-19/h2-9,12,18,23H,10-11,13-15H2,1H3,(H,24,26)/t18-,22+/m1/s1. The zero-order chi connectivity index (χ0) is 19.6. The maximum atomic E-state index is 13.2. The first-order chi connectivity index (χ1) is 13.6. The molecule has 2 heterocycles. The lowest BCUT2D eigenvalue weighted by molar-refractivity contribution is -0.121. The fourth-order valence-corrected chi connectivity index (χ4v) is 4.31. The van der Waals surface area contributed by atoms with Crippen LogP contribution < -0.4 is 15.4 Å². The summed E-state index contributed by atoms with van der Waals surface area (Å²) in [7, 11) is 0. The Balaban J connectivity index is 1.51. The van der Waals surface area contributed by atoms with E-state index in [9.17, 15) is 9.59 Å². The number of likely N-dealkylation sites (tertiary alicyclic amines) is 1. The van der Waals surface area contributed by atoms with Gasteiger partial charge >= 0.3 is 0 Å². The van der Waals surface area contributed by atoms with E-state index >= 15 is 0 Å². The van der Waals surface area contributed by atoms with E-state index in [0.29, 0.717) is 36.9 Å². The average Bonchev–Trinajstić information content (AvgIpc) is 3.10. The van der Waals surface area contributed by atoms with Crippen LogP contribution in [0.3, 0.4) is 0 Å². The summed E-state index contributed by atoms with van der Waals surface area (Å²) in [6.45, 7) is 4.32. The van der Waals surface area contributed by atoms with Gasteiger partial charge in [-0.25, -0.2) is 0 Å². The van der Waals surface area contributed by atoms with Crippen molar-refractivity contribution in [3.05, 3.63) is 60.2 Å². The zero-order valence-electron chi connectivity index (χ0n) is 16.0. The van der Waals surface area contributed by atoms with Crippen LogP contribution in [-0.4, -0.2) is 48.4 Å². The summed E-state index contributed by atoms with van der Waals surface area (Å²) in [4.78, 5) is 26.8. The fraction of sp³-hybridized carbons (Fsp3) is 0.364. The molecule has 0 saturated carbocycles. The van der Waals surface area contributed by atoms with Crippen LogP contribution in [0.2, 0.25) is 0 Å². The monoisotopic (exact) mass is 379 g/mol. The van der Waals surface area contributed by atoms with Crippen LogP contribution in [0, 0.1) is 5.92 Å². The number of para-hydroxylation sites is 1. The molecule has 2 fully saturated rings. The number of carbonyl (C=O) groups is 2. The Hall–Kier alpha value is -2.86. The minimum absolute atomic E-state index is 0.0337. The number of rotatable bonds is 4. The largest absolute Gasteiger partial charge is 0.457 e. The quantitative estimate of drug-likeness (QED) is 0.856. The summed E-state index contributed by atoms with van der Waals surface area (Å²) >= 11 is 0. The number of carbonyl (C=O) groups excluding carboxylic acids is 2. The van der Waals surface area contributed by atoms with E-state index < -0.39 is 0 Å². The number of fused-ring (bicyclic) bond motifs is 1. The number of benzene rings is 2. The highest BCUT2D eigenvalue weighted by Crippen LogP contribution is 2.32. The van der Waals surface area contributed by atoms with E-state index in [4.69, 9.17) is 4.74 Å². The first kappa shape index (κ1) is 18.5. The third kappa shape index (κ3) is 3.73. The average molecular weight is 379 g/mol. The third-order valence-corrected chi connectivity index (χ3v) is 5.61. The molecule has 2 aromatic carbocycles. The van der Waals surface area contributed by atoms with Gasteiger partial charge in [-0.05, 0) is 42.7 Å². The van der Waals surface area contributed by atoms with Gasteiger partial charge in [-0.1, -0.05) is 24.3 Å².